The summed E-state index contributed by atoms with van der Waals surface area (Å²) in [6.07, 6.45) is 1.03. The second kappa shape index (κ2) is 6.00. The maximum atomic E-state index is 12.3. The van der Waals surface area contributed by atoms with E-state index in [0.717, 1.165) is 25.2 Å². The summed E-state index contributed by atoms with van der Waals surface area (Å²) in [6.45, 7) is 3.71. The van der Waals surface area contributed by atoms with E-state index in [1.165, 1.54) is 11.1 Å². The lowest BCUT2D eigenvalue weighted by Gasteiger charge is -2.17. The number of hydrogen-bond donors (Lipinski definition) is 1. The first-order chi connectivity index (χ1) is 10.2. The zero-order valence-electron chi connectivity index (χ0n) is 12.3. The summed E-state index contributed by atoms with van der Waals surface area (Å²) >= 11 is 0. The van der Waals surface area contributed by atoms with Crippen molar-refractivity contribution in [2.75, 3.05) is 18.4 Å². The number of para-hydroxylation sites is 1. The lowest BCUT2D eigenvalue weighted by Crippen LogP contribution is -2.32. The number of likely N-dealkylation sites (tertiary alicyclic amines) is 1. The van der Waals surface area contributed by atoms with Gasteiger partial charge in [-0.05, 0) is 31.0 Å². The van der Waals surface area contributed by atoms with E-state index < -0.39 is 0 Å². The lowest BCUT2D eigenvalue weighted by atomic mass is 9.98. The highest BCUT2D eigenvalue weighted by molar-refractivity contribution is 5.89. The highest BCUT2D eigenvalue weighted by atomic mass is 16.2. The Balaban J connectivity index is 1.61. The normalized spacial score (nSPS) is 17.8. The first kappa shape index (κ1) is 13.7. The molecule has 108 valence electrons. The van der Waals surface area contributed by atoms with Crippen molar-refractivity contribution >= 4 is 11.7 Å². The van der Waals surface area contributed by atoms with Crippen LogP contribution in [0.1, 0.15) is 23.5 Å². The first-order valence-corrected chi connectivity index (χ1v) is 7.40. The van der Waals surface area contributed by atoms with Crippen LogP contribution in [0.3, 0.4) is 0 Å². The van der Waals surface area contributed by atoms with E-state index >= 15 is 0 Å². The molecule has 0 unspecified atom stereocenters. The second-order valence-electron chi connectivity index (χ2n) is 5.64. The van der Waals surface area contributed by atoms with Crippen molar-refractivity contribution in [1.29, 1.82) is 0 Å². The number of hydrogen-bond acceptors (Lipinski definition) is 1. The minimum Gasteiger partial charge on any atom is -0.324 e. The highest BCUT2D eigenvalue weighted by Crippen LogP contribution is 2.27. The summed E-state index contributed by atoms with van der Waals surface area (Å²) in [7, 11) is 0. The van der Waals surface area contributed by atoms with Gasteiger partial charge in [0, 0.05) is 24.7 Å². The first-order valence-electron chi connectivity index (χ1n) is 7.40. The van der Waals surface area contributed by atoms with Gasteiger partial charge in [0.1, 0.15) is 0 Å². The molecule has 3 nitrogen and oxygen atoms in total. The van der Waals surface area contributed by atoms with Crippen LogP contribution < -0.4 is 5.32 Å². The Labute approximate surface area is 125 Å². The Morgan fingerprint density at radius 3 is 2.52 bits per heavy atom. The average molecular weight is 280 g/mol. The average Bonchev–Trinajstić information content (AvgIpc) is 2.99. The molecule has 1 atom stereocenters. The van der Waals surface area contributed by atoms with Gasteiger partial charge in [-0.3, -0.25) is 0 Å². The predicted molar refractivity (Wildman–Crippen MR) is 85.6 cm³/mol. The van der Waals surface area contributed by atoms with Gasteiger partial charge in [-0.25, -0.2) is 4.79 Å². The Bertz CT molecular complexity index is 607. The van der Waals surface area contributed by atoms with E-state index in [1.54, 1.807) is 0 Å². The zero-order chi connectivity index (χ0) is 14.7. The number of benzene rings is 2. The Morgan fingerprint density at radius 1 is 1.10 bits per heavy atom. The van der Waals surface area contributed by atoms with Crippen LogP contribution in [0.4, 0.5) is 10.5 Å². The van der Waals surface area contributed by atoms with Crippen molar-refractivity contribution in [3.63, 3.8) is 0 Å². The monoisotopic (exact) mass is 280 g/mol. The third-order valence-electron chi connectivity index (χ3n) is 4.05. The number of nitrogens with zero attached hydrogens (tertiary/aromatic N) is 1. The fraction of sp³-hybridized carbons (Fsp3) is 0.278. The molecule has 3 rings (SSSR count). The third kappa shape index (κ3) is 3.24. The summed E-state index contributed by atoms with van der Waals surface area (Å²) in [6, 6.07) is 18.2. The van der Waals surface area contributed by atoms with Gasteiger partial charge in [0.15, 0.2) is 0 Å². The molecule has 0 saturated carbocycles. The van der Waals surface area contributed by atoms with Crippen LogP contribution in [0.5, 0.6) is 0 Å². The number of carbonyl (C=O) groups is 1. The quantitative estimate of drug-likeness (QED) is 0.885. The molecule has 1 fully saturated rings. The van der Waals surface area contributed by atoms with Crippen molar-refractivity contribution in [1.82, 2.24) is 4.90 Å². The molecule has 2 aromatic rings. The number of rotatable bonds is 2. The molecule has 1 N–H and O–H groups in total. The van der Waals surface area contributed by atoms with Crippen molar-refractivity contribution in [2.24, 2.45) is 0 Å². The Kier molecular flexibility index (Phi) is 3.91. The fourth-order valence-electron chi connectivity index (χ4n) is 2.78. The van der Waals surface area contributed by atoms with Crippen LogP contribution >= 0.6 is 0 Å². The molecule has 21 heavy (non-hydrogen) atoms. The van der Waals surface area contributed by atoms with Crippen LogP contribution in [0.25, 0.3) is 0 Å². The summed E-state index contributed by atoms with van der Waals surface area (Å²) in [5.41, 5.74) is 3.45. The smallest absolute Gasteiger partial charge is 0.321 e. The Hall–Kier alpha value is -2.29. The van der Waals surface area contributed by atoms with Gasteiger partial charge in [-0.15, -0.1) is 0 Å². The van der Waals surface area contributed by atoms with E-state index in [4.69, 9.17) is 0 Å². The third-order valence-corrected chi connectivity index (χ3v) is 4.05. The predicted octanol–water partition coefficient (Wildman–Crippen LogP) is 4.02. The van der Waals surface area contributed by atoms with E-state index in [2.05, 4.69) is 36.5 Å². The summed E-state index contributed by atoms with van der Waals surface area (Å²) in [5.74, 6) is 0.451. The summed E-state index contributed by atoms with van der Waals surface area (Å²) in [4.78, 5) is 14.2. The van der Waals surface area contributed by atoms with Crippen molar-refractivity contribution < 1.29 is 4.79 Å². The number of urea groups is 1. The molecule has 0 bridgehead atoms. The van der Waals surface area contributed by atoms with Crippen molar-refractivity contribution in [2.45, 2.75) is 19.3 Å². The molecule has 0 radical (unpaired) electrons. The van der Waals surface area contributed by atoms with E-state index in [-0.39, 0.29) is 6.03 Å². The number of nitrogens with one attached hydrogen (secondary N) is 1. The minimum absolute atomic E-state index is 0.00388. The molecule has 1 heterocycles. The summed E-state index contributed by atoms with van der Waals surface area (Å²) < 4.78 is 0. The molecule has 1 saturated heterocycles. The van der Waals surface area contributed by atoms with Crippen LogP contribution in [-0.4, -0.2) is 24.0 Å². The molecule has 2 amide bonds. The Morgan fingerprint density at radius 2 is 1.81 bits per heavy atom. The number of anilines is 1. The van der Waals surface area contributed by atoms with Gasteiger partial charge in [0.25, 0.3) is 0 Å². The highest BCUT2D eigenvalue weighted by Gasteiger charge is 2.27. The van der Waals surface area contributed by atoms with Crippen LogP contribution in [0.15, 0.2) is 54.6 Å². The van der Waals surface area contributed by atoms with E-state index in [0.29, 0.717) is 5.92 Å². The summed E-state index contributed by atoms with van der Waals surface area (Å²) in [5, 5.41) is 2.95. The number of carbonyl (C=O) groups excluding carboxylic acids is 1. The van der Waals surface area contributed by atoms with Gasteiger partial charge in [-0.1, -0.05) is 48.0 Å². The lowest BCUT2D eigenvalue weighted by molar-refractivity contribution is 0.222. The van der Waals surface area contributed by atoms with E-state index in [9.17, 15) is 4.79 Å². The molecule has 3 heteroatoms. The molecule has 0 spiro atoms. The molecular formula is C18H20N2O. The maximum Gasteiger partial charge on any atom is 0.321 e. The number of aryl methyl sites for hydroxylation is 1. The molecule has 1 aliphatic heterocycles. The van der Waals surface area contributed by atoms with Crippen LogP contribution in [0, 0.1) is 6.92 Å². The van der Waals surface area contributed by atoms with Crippen molar-refractivity contribution in [3.8, 4) is 0 Å². The van der Waals surface area contributed by atoms with Gasteiger partial charge >= 0.3 is 6.03 Å². The SMILES string of the molecule is Cc1ccc([C@H]2CCN(C(=O)Nc3ccccc3)C2)cc1. The van der Waals surface area contributed by atoms with Gasteiger partial charge < -0.3 is 10.2 Å². The maximum absolute atomic E-state index is 12.3. The minimum atomic E-state index is -0.00388. The zero-order valence-corrected chi connectivity index (χ0v) is 12.3. The van der Waals surface area contributed by atoms with Crippen LogP contribution in [-0.2, 0) is 0 Å². The van der Waals surface area contributed by atoms with Gasteiger partial charge in [-0.2, -0.15) is 0 Å². The van der Waals surface area contributed by atoms with Gasteiger partial charge in [0.2, 0.25) is 0 Å². The molecule has 2 aromatic carbocycles. The van der Waals surface area contributed by atoms with E-state index in [1.807, 2.05) is 35.2 Å². The molecule has 0 aromatic heterocycles. The molecule has 0 aliphatic carbocycles. The van der Waals surface area contributed by atoms with Gasteiger partial charge in [0.05, 0.1) is 0 Å². The molecule has 1 aliphatic rings. The molecular weight excluding hydrogens is 260 g/mol. The number of amides is 2. The largest absolute Gasteiger partial charge is 0.324 e. The second-order valence-corrected chi connectivity index (χ2v) is 5.64. The standard InChI is InChI=1S/C18H20N2O/c1-14-7-9-15(10-8-14)16-11-12-20(13-16)18(21)19-17-5-3-2-4-6-17/h2-10,16H,11-13H2,1H3,(H,19,21)/t16-/m0/s1. The fourth-order valence-corrected chi connectivity index (χ4v) is 2.78. The van der Waals surface area contributed by atoms with Crippen molar-refractivity contribution in [3.05, 3.63) is 65.7 Å². The van der Waals surface area contributed by atoms with Crippen LogP contribution in [0.2, 0.25) is 0 Å². The topological polar surface area (TPSA) is 32.3 Å².